The van der Waals surface area contributed by atoms with Crippen LogP contribution in [0.4, 0.5) is 14.5 Å². The predicted octanol–water partition coefficient (Wildman–Crippen LogP) is 5.51. The fourth-order valence-electron chi connectivity index (χ4n) is 3.05. The summed E-state index contributed by atoms with van der Waals surface area (Å²) in [5.41, 5.74) is 3.70. The van der Waals surface area contributed by atoms with Crippen LogP contribution >= 0.6 is 0 Å². The smallest absolute Gasteiger partial charge is 0.262 e. The topological polar surface area (TPSA) is 51.2 Å². The van der Waals surface area contributed by atoms with Gasteiger partial charge in [0.05, 0.1) is 11.2 Å². The average molecular weight is 404 g/mol. The maximum absolute atomic E-state index is 13.3. The van der Waals surface area contributed by atoms with E-state index in [0.717, 1.165) is 39.9 Å². The van der Waals surface area contributed by atoms with Crippen molar-refractivity contribution in [1.29, 1.82) is 0 Å². The minimum atomic E-state index is -1.03. The van der Waals surface area contributed by atoms with Crippen molar-refractivity contribution in [1.82, 2.24) is 4.98 Å². The Labute approximate surface area is 172 Å². The van der Waals surface area contributed by atoms with Gasteiger partial charge in [-0.15, -0.1) is 0 Å². The molecule has 0 aliphatic rings. The first-order valence-corrected chi connectivity index (χ1v) is 9.34. The van der Waals surface area contributed by atoms with Crippen LogP contribution in [-0.2, 0) is 4.79 Å². The van der Waals surface area contributed by atoms with Crippen molar-refractivity contribution in [3.63, 3.8) is 0 Å². The normalized spacial score (nSPS) is 10.8. The van der Waals surface area contributed by atoms with Gasteiger partial charge in [-0.05, 0) is 31.2 Å². The monoisotopic (exact) mass is 404 g/mol. The number of carbonyl (C=O) groups is 1. The fraction of sp³-hybridized carbons (Fsp3) is 0.0833. The summed E-state index contributed by atoms with van der Waals surface area (Å²) >= 11 is 0. The van der Waals surface area contributed by atoms with Crippen molar-refractivity contribution in [2.24, 2.45) is 0 Å². The molecule has 1 heterocycles. The number of ether oxygens (including phenoxy) is 1. The van der Waals surface area contributed by atoms with Gasteiger partial charge >= 0.3 is 0 Å². The van der Waals surface area contributed by atoms with E-state index in [1.807, 2.05) is 55.5 Å². The molecule has 4 rings (SSSR count). The number of amides is 1. The maximum atomic E-state index is 13.3. The highest BCUT2D eigenvalue weighted by atomic mass is 19.2. The number of halogens is 2. The van der Waals surface area contributed by atoms with Crippen molar-refractivity contribution < 1.29 is 18.3 Å². The van der Waals surface area contributed by atoms with E-state index in [2.05, 4.69) is 5.32 Å². The molecule has 0 fully saturated rings. The molecular weight excluding hydrogens is 386 g/mol. The van der Waals surface area contributed by atoms with Gasteiger partial charge in [-0.25, -0.2) is 13.8 Å². The molecule has 0 aliphatic heterocycles. The minimum Gasteiger partial charge on any atom is -0.483 e. The first-order valence-electron chi connectivity index (χ1n) is 9.34. The highest BCUT2D eigenvalue weighted by molar-refractivity contribution is 5.93. The molecule has 0 saturated carbocycles. The second-order valence-electron chi connectivity index (χ2n) is 6.85. The number of para-hydroxylation sites is 1. The third-order valence-electron chi connectivity index (χ3n) is 4.59. The van der Waals surface area contributed by atoms with Gasteiger partial charge < -0.3 is 10.1 Å². The van der Waals surface area contributed by atoms with E-state index in [9.17, 15) is 13.6 Å². The van der Waals surface area contributed by atoms with E-state index in [4.69, 9.17) is 9.72 Å². The number of hydrogen-bond donors (Lipinski definition) is 1. The van der Waals surface area contributed by atoms with Crippen molar-refractivity contribution in [3.05, 3.63) is 90.0 Å². The quantitative estimate of drug-likeness (QED) is 0.477. The number of carbonyl (C=O) groups excluding carboxylic acids is 1. The lowest BCUT2D eigenvalue weighted by Crippen LogP contribution is -2.20. The average Bonchev–Trinajstić information content (AvgIpc) is 2.75. The molecule has 4 nitrogen and oxygen atoms in total. The van der Waals surface area contributed by atoms with Crippen LogP contribution in [0, 0.1) is 18.6 Å². The Morgan fingerprint density at radius 1 is 0.967 bits per heavy atom. The Balaban J connectivity index is 1.57. The Morgan fingerprint density at radius 3 is 2.50 bits per heavy atom. The molecule has 30 heavy (non-hydrogen) atoms. The third-order valence-corrected chi connectivity index (χ3v) is 4.59. The van der Waals surface area contributed by atoms with E-state index >= 15 is 0 Å². The Bertz CT molecular complexity index is 1220. The number of benzene rings is 3. The third kappa shape index (κ3) is 4.27. The molecule has 1 N–H and O–H groups in total. The Morgan fingerprint density at radius 2 is 1.73 bits per heavy atom. The van der Waals surface area contributed by atoms with Crippen molar-refractivity contribution in [2.45, 2.75) is 6.92 Å². The van der Waals surface area contributed by atoms with E-state index < -0.39 is 17.5 Å². The van der Waals surface area contributed by atoms with E-state index in [-0.39, 0.29) is 12.3 Å². The molecule has 0 radical (unpaired) electrons. The summed E-state index contributed by atoms with van der Waals surface area (Å²) in [6, 6.07) is 20.4. The van der Waals surface area contributed by atoms with Gasteiger partial charge in [0.2, 0.25) is 0 Å². The van der Waals surface area contributed by atoms with Crippen LogP contribution in [-0.4, -0.2) is 17.5 Å². The molecule has 0 aliphatic carbocycles. The zero-order chi connectivity index (χ0) is 21.1. The number of pyridine rings is 1. The number of nitrogens with zero attached hydrogens (tertiary/aromatic N) is 1. The van der Waals surface area contributed by atoms with Crippen LogP contribution in [0.25, 0.3) is 22.2 Å². The number of hydrogen-bond acceptors (Lipinski definition) is 3. The molecule has 0 bridgehead atoms. The first kappa shape index (κ1) is 19.5. The van der Waals surface area contributed by atoms with Crippen LogP contribution in [0.5, 0.6) is 5.75 Å². The first-order chi connectivity index (χ1) is 14.5. The van der Waals surface area contributed by atoms with E-state index in [0.29, 0.717) is 5.75 Å². The number of rotatable bonds is 5. The lowest BCUT2D eigenvalue weighted by Gasteiger charge is -2.12. The molecule has 4 aromatic rings. The summed E-state index contributed by atoms with van der Waals surface area (Å²) in [5.74, 6) is -1.98. The number of fused-ring (bicyclic) bond motifs is 1. The lowest BCUT2D eigenvalue weighted by molar-refractivity contribution is -0.118. The van der Waals surface area contributed by atoms with Gasteiger partial charge in [0.15, 0.2) is 18.2 Å². The van der Waals surface area contributed by atoms with Crippen LogP contribution in [0.1, 0.15) is 5.56 Å². The Kier molecular flexibility index (Phi) is 5.39. The van der Waals surface area contributed by atoms with Gasteiger partial charge in [0.1, 0.15) is 5.75 Å². The maximum Gasteiger partial charge on any atom is 0.262 e. The number of anilines is 1. The molecule has 1 aromatic heterocycles. The molecule has 1 amide bonds. The summed E-state index contributed by atoms with van der Waals surface area (Å²) in [7, 11) is 0. The summed E-state index contributed by atoms with van der Waals surface area (Å²) in [5, 5.41) is 3.27. The largest absolute Gasteiger partial charge is 0.483 e. The second kappa shape index (κ2) is 8.29. The van der Waals surface area contributed by atoms with Gasteiger partial charge in [-0.1, -0.05) is 42.0 Å². The van der Waals surface area contributed by atoms with Gasteiger partial charge in [-0.3, -0.25) is 4.79 Å². The standard InChI is InChI=1S/C24H18F2N2O2/c1-15-6-8-16(9-7-15)22-13-23(18-4-2-3-5-21(18)28-22)30-14-24(29)27-17-10-11-19(25)20(26)12-17/h2-13H,14H2,1H3,(H,27,29). The molecule has 0 unspecified atom stereocenters. The molecule has 6 heteroatoms. The molecule has 0 saturated heterocycles. The highest BCUT2D eigenvalue weighted by Gasteiger charge is 2.11. The lowest BCUT2D eigenvalue weighted by atomic mass is 10.1. The number of aromatic nitrogens is 1. The molecular formula is C24H18F2N2O2. The zero-order valence-electron chi connectivity index (χ0n) is 16.2. The van der Waals surface area contributed by atoms with Gasteiger partial charge in [-0.2, -0.15) is 0 Å². The van der Waals surface area contributed by atoms with Crippen LogP contribution in [0.2, 0.25) is 0 Å². The minimum absolute atomic E-state index is 0.155. The van der Waals surface area contributed by atoms with Crippen LogP contribution < -0.4 is 10.1 Å². The fourth-order valence-corrected chi connectivity index (χ4v) is 3.05. The number of nitrogens with one attached hydrogen (secondary N) is 1. The molecule has 0 spiro atoms. The molecule has 150 valence electrons. The summed E-state index contributed by atoms with van der Waals surface area (Å²) in [4.78, 5) is 16.9. The van der Waals surface area contributed by atoms with Crippen LogP contribution in [0.15, 0.2) is 72.8 Å². The molecule has 3 aromatic carbocycles. The summed E-state index contributed by atoms with van der Waals surface area (Å²) in [6.45, 7) is 1.72. The SMILES string of the molecule is Cc1ccc(-c2cc(OCC(=O)Nc3ccc(F)c(F)c3)c3ccccc3n2)cc1. The van der Waals surface area contributed by atoms with Crippen molar-refractivity contribution >= 4 is 22.5 Å². The van der Waals surface area contributed by atoms with Crippen molar-refractivity contribution in [3.8, 4) is 17.0 Å². The van der Waals surface area contributed by atoms with Gasteiger partial charge in [0, 0.05) is 28.8 Å². The van der Waals surface area contributed by atoms with Crippen molar-refractivity contribution in [2.75, 3.05) is 11.9 Å². The predicted molar refractivity (Wildman–Crippen MR) is 112 cm³/mol. The number of aryl methyl sites for hydroxylation is 1. The Hall–Kier alpha value is -3.80. The van der Waals surface area contributed by atoms with E-state index in [1.165, 1.54) is 6.07 Å². The molecule has 0 atom stereocenters. The van der Waals surface area contributed by atoms with Crippen LogP contribution in [0.3, 0.4) is 0 Å². The summed E-state index contributed by atoms with van der Waals surface area (Å²) in [6.07, 6.45) is 0. The van der Waals surface area contributed by atoms with Gasteiger partial charge in [0.25, 0.3) is 5.91 Å². The van der Waals surface area contributed by atoms with E-state index in [1.54, 1.807) is 6.07 Å². The zero-order valence-corrected chi connectivity index (χ0v) is 16.2. The summed E-state index contributed by atoms with van der Waals surface area (Å²) < 4.78 is 32.1. The highest BCUT2D eigenvalue weighted by Crippen LogP contribution is 2.30. The second-order valence-corrected chi connectivity index (χ2v) is 6.85.